The maximum atomic E-state index is 12.5. The van der Waals surface area contributed by atoms with Crippen molar-refractivity contribution in [3.8, 4) is 11.5 Å². The lowest BCUT2D eigenvalue weighted by atomic mass is 10.1. The molecule has 160 valence electrons. The van der Waals surface area contributed by atoms with E-state index in [1.54, 1.807) is 66.9 Å². The summed E-state index contributed by atoms with van der Waals surface area (Å²) in [6, 6.07) is 22.6. The van der Waals surface area contributed by atoms with Crippen LogP contribution in [0.4, 0.5) is 5.69 Å². The number of hydrogen-bond donors (Lipinski definition) is 1. The fourth-order valence-corrected chi connectivity index (χ4v) is 3.13. The zero-order chi connectivity index (χ0) is 22.3. The summed E-state index contributed by atoms with van der Waals surface area (Å²) >= 11 is 0. The molecule has 7 nitrogen and oxygen atoms in total. The molecule has 0 spiro atoms. The summed E-state index contributed by atoms with van der Waals surface area (Å²) in [6.45, 7) is 0.629. The summed E-state index contributed by atoms with van der Waals surface area (Å²) in [4.78, 5) is 24.9. The summed E-state index contributed by atoms with van der Waals surface area (Å²) in [5, 5.41) is 6.97. The molecule has 7 heteroatoms. The SMILES string of the molecule is COc1ccccc1C(=O)Nc1ccc(OC(=O)c2ccc(Cn3cccn3)cc2)cc1. The first-order chi connectivity index (χ1) is 15.6. The second kappa shape index (κ2) is 9.61. The number of carbonyl (C=O) groups excluding carboxylic acids is 2. The van der Waals surface area contributed by atoms with Crippen LogP contribution in [0.25, 0.3) is 0 Å². The Balaban J connectivity index is 1.36. The number of hydrogen-bond acceptors (Lipinski definition) is 5. The molecule has 0 aliphatic rings. The minimum absolute atomic E-state index is 0.289. The lowest BCUT2D eigenvalue weighted by Crippen LogP contribution is -2.13. The van der Waals surface area contributed by atoms with Crippen molar-refractivity contribution in [1.82, 2.24) is 9.78 Å². The molecule has 0 unspecified atom stereocenters. The van der Waals surface area contributed by atoms with Crippen molar-refractivity contribution < 1.29 is 19.1 Å². The number of rotatable bonds is 7. The zero-order valence-corrected chi connectivity index (χ0v) is 17.4. The molecule has 0 atom stereocenters. The first-order valence-corrected chi connectivity index (χ1v) is 9.95. The van der Waals surface area contributed by atoms with E-state index in [1.807, 2.05) is 29.1 Å². The maximum absolute atomic E-state index is 12.5. The molecule has 4 rings (SSSR count). The molecule has 0 fully saturated rings. The molecule has 0 aliphatic carbocycles. The van der Waals surface area contributed by atoms with Crippen LogP contribution < -0.4 is 14.8 Å². The van der Waals surface area contributed by atoms with Gasteiger partial charge in [0.05, 0.1) is 24.8 Å². The molecule has 0 saturated carbocycles. The van der Waals surface area contributed by atoms with Crippen LogP contribution in [-0.2, 0) is 6.54 Å². The third-order valence-corrected chi connectivity index (χ3v) is 4.77. The van der Waals surface area contributed by atoms with E-state index in [1.165, 1.54) is 7.11 Å². The van der Waals surface area contributed by atoms with Gasteiger partial charge in [-0.3, -0.25) is 9.48 Å². The number of esters is 1. The van der Waals surface area contributed by atoms with E-state index < -0.39 is 5.97 Å². The number of benzene rings is 3. The molecule has 32 heavy (non-hydrogen) atoms. The molecule has 1 aromatic heterocycles. The number of ether oxygens (including phenoxy) is 2. The molecule has 0 bridgehead atoms. The smallest absolute Gasteiger partial charge is 0.343 e. The van der Waals surface area contributed by atoms with Crippen LogP contribution in [0.5, 0.6) is 11.5 Å². The van der Waals surface area contributed by atoms with Gasteiger partial charge in [0.25, 0.3) is 5.91 Å². The van der Waals surface area contributed by atoms with Gasteiger partial charge in [0, 0.05) is 18.1 Å². The molecule has 1 heterocycles. The van der Waals surface area contributed by atoms with E-state index in [2.05, 4.69) is 10.4 Å². The first-order valence-electron chi connectivity index (χ1n) is 9.95. The molecular weight excluding hydrogens is 406 g/mol. The van der Waals surface area contributed by atoms with Crippen LogP contribution in [-0.4, -0.2) is 28.8 Å². The van der Waals surface area contributed by atoms with Crippen LogP contribution in [0.1, 0.15) is 26.3 Å². The van der Waals surface area contributed by atoms with Gasteiger partial charge in [-0.05, 0) is 60.2 Å². The molecule has 0 aliphatic heterocycles. The van der Waals surface area contributed by atoms with Gasteiger partial charge in [0.2, 0.25) is 0 Å². The fraction of sp³-hybridized carbons (Fsp3) is 0.0800. The standard InChI is InChI=1S/C25H21N3O4/c1-31-23-6-3-2-5-22(23)24(29)27-20-11-13-21(14-12-20)32-25(30)19-9-7-18(8-10-19)17-28-16-4-15-26-28/h2-16H,17H2,1H3,(H,27,29). The second-order valence-electron chi connectivity index (χ2n) is 6.97. The van der Waals surface area contributed by atoms with Gasteiger partial charge in [0.1, 0.15) is 11.5 Å². The maximum Gasteiger partial charge on any atom is 0.343 e. The van der Waals surface area contributed by atoms with Crippen LogP contribution in [0.15, 0.2) is 91.3 Å². The number of para-hydroxylation sites is 1. The van der Waals surface area contributed by atoms with E-state index >= 15 is 0 Å². The molecule has 3 aromatic carbocycles. The molecule has 4 aromatic rings. The monoisotopic (exact) mass is 427 g/mol. The summed E-state index contributed by atoms with van der Waals surface area (Å²) < 4.78 is 12.5. The highest BCUT2D eigenvalue weighted by molar-refractivity contribution is 6.06. The van der Waals surface area contributed by atoms with Gasteiger partial charge in [-0.2, -0.15) is 5.10 Å². The predicted molar refractivity (Wildman–Crippen MR) is 120 cm³/mol. The Kier molecular flexibility index (Phi) is 6.27. The molecular formula is C25H21N3O4. The summed E-state index contributed by atoms with van der Waals surface area (Å²) in [7, 11) is 1.52. The van der Waals surface area contributed by atoms with Crippen molar-refractivity contribution in [2.45, 2.75) is 6.54 Å². The lowest BCUT2D eigenvalue weighted by molar-refractivity contribution is 0.0734. The number of anilines is 1. The normalized spacial score (nSPS) is 10.4. The van der Waals surface area contributed by atoms with Gasteiger partial charge < -0.3 is 14.8 Å². The number of amides is 1. The molecule has 0 radical (unpaired) electrons. The van der Waals surface area contributed by atoms with Crippen molar-refractivity contribution in [2.24, 2.45) is 0 Å². The van der Waals surface area contributed by atoms with Crippen molar-refractivity contribution in [3.05, 3.63) is 108 Å². The minimum atomic E-state index is -0.457. The Morgan fingerprint density at radius 3 is 2.38 bits per heavy atom. The van der Waals surface area contributed by atoms with Crippen LogP contribution in [0, 0.1) is 0 Å². The van der Waals surface area contributed by atoms with Gasteiger partial charge in [-0.25, -0.2) is 4.79 Å². The first kappa shape index (κ1) is 20.9. The van der Waals surface area contributed by atoms with Gasteiger partial charge in [-0.1, -0.05) is 24.3 Å². The second-order valence-corrected chi connectivity index (χ2v) is 6.97. The lowest BCUT2D eigenvalue weighted by Gasteiger charge is -2.10. The number of nitrogens with one attached hydrogen (secondary N) is 1. The Hall–Kier alpha value is -4.39. The minimum Gasteiger partial charge on any atom is -0.496 e. The summed E-state index contributed by atoms with van der Waals surface area (Å²) in [6.07, 6.45) is 3.60. The van der Waals surface area contributed by atoms with Crippen molar-refractivity contribution >= 4 is 17.6 Å². The average Bonchev–Trinajstić information content (AvgIpc) is 3.34. The van der Waals surface area contributed by atoms with Crippen LogP contribution >= 0.6 is 0 Å². The largest absolute Gasteiger partial charge is 0.496 e. The zero-order valence-electron chi connectivity index (χ0n) is 17.4. The Labute approximate surface area is 185 Å². The van der Waals surface area contributed by atoms with Gasteiger partial charge in [0.15, 0.2) is 0 Å². The van der Waals surface area contributed by atoms with Gasteiger partial charge >= 0.3 is 5.97 Å². The Morgan fingerprint density at radius 2 is 1.69 bits per heavy atom. The highest BCUT2D eigenvalue weighted by atomic mass is 16.5. The Morgan fingerprint density at radius 1 is 0.938 bits per heavy atom. The number of carbonyl (C=O) groups is 2. The highest BCUT2D eigenvalue weighted by Gasteiger charge is 2.12. The predicted octanol–water partition coefficient (Wildman–Crippen LogP) is 4.41. The average molecular weight is 427 g/mol. The van der Waals surface area contributed by atoms with Crippen LogP contribution in [0.2, 0.25) is 0 Å². The number of aromatic nitrogens is 2. The topological polar surface area (TPSA) is 82.5 Å². The highest BCUT2D eigenvalue weighted by Crippen LogP contribution is 2.21. The van der Waals surface area contributed by atoms with E-state index in [9.17, 15) is 9.59 Å². The number of methoxy groups -OCH3 is 1. The molecule has 0 saturated heterocycles. The molecule has 1 amide bonds. The number of nitrogens with zero attached hydrogens (tertiary/aromatic N) is 2. The quantitative estimate of drug-likeness (QED) is 0.349. The summed E-state index contributed by atoms with van der Waals surface area (Å²) in [5.41, 5.74) is 2.48. The van der Waals surface area contributed by atoms with Crippen molar-refractivity contribution in [2.75, 3.05) is 12.4 Å². The van der Waals surface area contributed by atoms with Crippen molar-refractivity contribution in [1.29, 1.82) is 0 Å². The van der Waals surface area contributed by atoms with Crippen molar-refractivity contribution in [3.63, 3.8) is 0 Å². The Bertz CT molecular complexity index is 1200. The van der Waals surface area contributed by atoms with Crippen LogP contribution in [0.3, 0.4) is 0 Å². The fourth-order valence-electron chi connectivity index (χ4n) is 3.13. The van der Waals surface area contributed by atoms with E-state index in [0.717, 1.165) is 5.56 Å². The third kappa shape index (κ3) is 5.02. The molecule has 1 N–H and O–H groups in total. The summed E-state index contributed by atoms with van der Waals surface area (Å²) in [5.74, 6) is 0.126. The van der Waals surface area contributed by atoms with Gasteiger partial charge in [-0.15, -0.1) is 0 Å². The van der Waals surface area contributed by atoms with E-state index in [4.69, 9.17) is 9.47 Å². The third-order valence-electron chi connectivity index (χ3n) is 4.77. The van der Waals surface area contributed by atoms with E-state index in [0.29, 0.717) is 34.9 Å². The van der Waals surface area contributed by atoms with E-state index in [-0.39, 0.29) is 5.91 Å².